The molecule has 27 heavy (non-hydrogen) atoms. The molecule has 7 heteroatoms. The number of amides is 2. The standard InChI is InChI=1S/C20H20Cl2N2O3/c1-27-18-8-7-16(22)11-17(18)23-20(26)24-9-3-5-14(12-24)19(25)13-4-2-6-15(21)10-13/h2,4,6-8,10-11,14H,3,5,9,12H2,1H3,(H,23,26)/t14-/m0/s1. The van der Waals surface area contributed by atoms with Gasteiger partial charge in [-0.05, 0) is 43.2 Å². The van der Waals surface area contributed by atoms with Crippen LogP contribution in [0, 0.1) is 5.92 Å². The lowest BCUT2D eigenvalue weighted by molar-refractivity contribution is 0.0851. The molecule has 5 nitrogen and oxygen atoms in total. The number of methoxy groups -OCH3 is 1. The van der Waals surface area contributed by atoms with Crippen molar-refractivity contribution >= 4 is 40.7 Å². The van der Waals surface area contributed by atoms with Gasteiger partial charge in [0, 0.05) is 34.6 Å². The Kier molecular flexibility index (Phi) is 6.24. The summed E-state index contributed by atoms with van der Waals surface area (Å²) in [5, 5.41) is 3.85. The average molecular weight is 407 g/mol. The van der Waals surface area contributed by atoms with Crippen LogP contribution in [0.2, 0.25) is 10.0 Å². The Balaban J connectivity index is 1.70. The fourth-order valence-electron chi connectivity index (χ4n) is 3.23. The number of Topliss-reactive ketones (excluding diaryl/α,β-unsaturated/α-hetero) is 1. The average Bonchev–Trinajstić information content (AvgIpc) is 2.67. The number of ether oxygens (including phenoxy) is 1. The number of rotatable bonds is 4. The van der Waals surface area contributed by atoms with Crippen LogP contribution in [0.1, 0.15) is 23.2 Å². The maximum Gasteiger partial charge on any atom is 0.321 e. The number of benzene rings is 2. The van der Waals surface area contributed by atoms with Crippen molar-refractivity contribution in [3.05, 3.63) is 58.1 Å². The Morgan fingerprint density at radius 3 is 2.67 bits per heavy atom. The fourth-order valence-corrected chi connectivity index (χ4v) is 3.59. The molecule has 2 aromatic carbocycles. The van der Waals surface area contributed by atoms with E-state index in [4.69, 9.17) is 27.9 Å². The van der Waals surface area contributed by atoms with E-state index in [2.05, 4.69) is 5.32 Å². The molecule has 1 atom stereocenters. The quantitative estimate of drug-likeness (QED) is 0.715. The van der Waals surface area contributed by atoms with Gasteiger partial charge in [-0.15, -0.1) is 0 Å². The summed E-state index contributed by atoms with van der Waals surface area (Å²) >= 11 is 12.0. The second kappa shape index (κ2) is 8.63. The molecule has 1 aliphatic rings. The van der Waals surface area contributed by atoms with Crippen LogP contribution in [0.15, 0.2) is 42.5 Å². The molecule has 0 radical (unpaired) electrons. The van der Waals surface area contributed by atoms with Crippen molar-refractivity contribution in [3.8, 4) is 5.75 Å². The summed E-state index contributed by atoms with van der Waals surface area (Å²) in [5.41, 5.74) is 1.07. The summed E-state index contributed by atoms with van der Waals surface area (Å²) in [4.78, 5) is 27.1. The van der Waals surface area contributed by atoms with Crippen molar-refractivity contribution in [2.75, 3.05) is 25.5 Å². The van der Waals surface area contributed by atoms with Gasteiger partial charge in [0.1, 0.15) is 5.75 Å². The summed E-state index contributed by atoms with van der Waals surface area (Å²) in [6.45, 7) is 0.952. The summed E-state index contributed by atoms with van der Waals surface area (Å²) < 4.78 is 5.26. The maximum absolute atomic E-state index is 12.8. The third kappa shape index (κ3) is 4.73. The number of nitrogens with zero attached hydrogens (tertiary/aromatic N) is 1. The van der Waals surface area contributed by atoms with Gasteiger partial charge < -0.3 is 15.0 Å². The SMILES string of the molecule is COc1ccc(Cl)cc1NC(=O)N1CCC[C@H](C(=O)c2cccc(Cl)c2)C1. The minimum atomic E-state index is -0.279. The summed E-state index contributed by atoms with van der Waals surface area (Å²) in [7, 11) is 1.53. The van der Waals surface area contributed by atoms with E-state index in [0.717, 1.165) is 12.8 Å². The molecule has 1 N–H and O–H groups in total. The number of urea groups is 1. The van der Waals surface area contributed by atoms with Crippen LogP contribution in [0.25, 0.3) is 0 Å². The van der Waals surface area contributed by atoms with E-state index in [0.29, 0.717) is 40.1 Å². The first-order valence-electron chi connectivity index (χ1n) is 8.67. The molecule has 0 aliphatic carbocycles. The van der Waals surface area contributed by atoms with Gasteiger partial charge in [-0.2, -0.15) is 0 Å². The number of piperidine rings is 1. The lowest BCUT2D eigenvalue weighted by Gasteiger charge is -2.32. The molecular formula is C20H20Cl2N2O3. The second-order valence-corrected chi connectivity index (χ2v) is 7.31. The van der Waals surface area contributed by atoms with E-state index >= 15 is 0 Å². The molecule has 3 rings (SSSR count). The van der Waals surface area contributed by atoms with Crippen LogP contribution >= 0.6 is 23.2 Å². The summed E-state index contributed by atoms with van der Waals surface area (Å²) in [6.07, 6.45) is 1.51. The first kappa shape index (κ1) is 19.5. The molecule has 0 aromatic heterocycles. The zero-order valence-corrected chi connectivity index (χ0v) is 16.4. The van der Waals surface area contributed by atoms with Gasteiger partial charge in [0.2, 0.25) is 0 Å². The minimum absolute atomic E-state index is 0.00957. The monoisotopic (exact) mass is 406 g/mol. The minimum Gasteiger partial charge on any atom is -0.495 e. The van der Waals surface area contributed by atoms with Crippen molar-refractivity contribution < 1.29 is 14.3 Å². The zero-order chi connectivity index (χ0) is 19.4. The normalized spacial score (nSPS) is 16.7. The molecule has 2 amide bonds. The predicted octanol–water partition coefficient (Wildman–Crippen LogP) is 5.13. The van der Waals surface area contributed by atoms with Crippen molar-refractivity contribution in [1.82, 2.24) is 4.90 Å². The van der Waals surface area contributed by atoms with Gasteiger partial charge in [-0.25, -0.2) is 4.79 Å². The largest absolute Gasteiger partial charge is 0.495 e. The highest BCUT2D eigenvalue weighted by Gasteiger charge is 2.29. The number of halogens is 2. The smallest absolute Gasteiger partial charge is 0.321 e. The number of nitrogens with one attached hydrogen (secondary N) is 1. The molecule has 1 aliphatic heterocycles. The summed E-state index contributed by atoms with van der Waals surface area (Å²) in [5.74, 6) is 0.288. The topological polar surface area (TPSA) is 58.6 Å². The lowest BCUT2D eigenvalue weighted by atomic mass is 9.90. The third-order valence-corrected chi connectivity index (χ3v) is 5.06. The highest BCUT2D eigenvalue weighted by atomic mass is 35.5. The van der Waals surface area contributed by atoms with E-state index in [1.807, 2.05) is 0 Å². The van der Waals surface area contributed by atoms with Crippen molar-refractivity contribution in [3.63, 3.8) is 0 Å². The number of hydrogen-bond donors (Lipinski definition) is 1. The number of carbonyl (C=O) groups excluding carboxylic acids is 2. The molecule has 1 fully saturated rings. The molecule has 1 saturated heterocycles. The van der Waals surface area contributed by atoms with Gasteiger partial charge in [0.15, 0.2) is 5.78 Å². The van der Waals surface area contributed by atoms with Crippen LogP contribution < -0.4 is 10.1 Å². The van der Waals surface area contributed by atoms with Crippen molar-refractivity contribution in [2.45, 2.75) is 12.8 Å². The van der Waals surface area contributed by atoms with Crippen LogP contribution in [-0.2, 0) is 0 Å². The highest BCUT2D eigenvalue weighted by Crippen LogP contribution is 2.29. The van der Waals surface area contributed by atoms with Gasteiger partial charge in [-0.1, -0.05) is 35.3 Å². The van der Waals surface area contributed by atoms with Gasteiger partial charge >= 0.3 is 6.03 Å². The van der Waals surface area contributed by atoms with Gasteiger partial charge in [0.05, 0.1) is 12.8 Å². The van der Waals surface area contributed by atoms with Crippen LogP contribution in [-0.4, -0.2) is 36.9 Å². The number of carbonyl (C=O) groups is 2. The Morgan fingerprint density at radius 2 is 1.93 bits per heavy atom. The van der Waals surface area contributed by atoms with E-state index in [-0.39, 0.29) is 17.7 Å². The number of ketones is 1. The zero-order valence-electron chi connectivity index (χ0n) is 14.9. The Bertz CT molecular complexity index is 857. The molecule has 142 valence electrons. The second-order valence-electron chi connectivity index (χ2n) is 6.43. The third-order valence-electron chi connectivity index (χ3n) is 4.59. The van der Waals surface area contributed by atoms with Crippen LogP contribution in [0.3, 0.4) is 0 Å². The van der Waals surface area contributed by atoms with Crippen molar-refractivity contribution in [1.29, 1.82) is 0 Å². The van der Waals surface area contributed by atoms with Crippen molar-refractivity contribution in [2.24, 2.45) is 5.92 Å². The molecular weight excluding hydrogens is 387 g/mol. The van der Waals surface area contributed by atoms with Crippen LogP contribution in [0.5, 0.6) is 5.75 Å². The molecule has 0 unspecified atom stereocenters. The molecule has 0 spiro atoms. The van der Waals surface area contributed by atoms with E-state index in [9.17, 15) is 9.59 Å². The molecule has 0 bridgehead atoms. The number of likely N-dealkylation sites (tertiary alicyclic amines) is 1. The van der Waals surface area contributed by atoms with E-state index in [1.54, 1.807) is 47.4 Å². The lowest BCUT2D eigenvalue weighted by Crippen LogP contribution is -2.44. The molecule has 1 heterocycles. The Hall–Kier alpha value is -2.24. The predicted molar refractivity (Wildman–Crippen MR) is 107 cm³/mol. The summed E-state index contributed by atoms with van der Waals surface area (Å²) in [6, 6.07) is 11.7. The fraction of sp³-hybridized carbons (Fsp3) is 0.300. The molecule has 0 saturated carbocycles. The van der Waals surface area contributed by atoms with Gasteiger partial charge in [-0.3, -0.25) is 4.79 Å². The first-order valence-corrected chi connectivity index (χ1v) is 9.43. The number of anilines is 1. The van der Waals surface area contributed by atoms with Gasteiger partial charge in [0.25, 0.3) is 0 Å². The molecule has 2 aromatic rings. The van der Waals surface area contributed by atoms with E-state index < -0.39 is 0 Å². The highest BCUT2D eigenvalue weighted by molar-refractivity contribution is 6.31. The Labute approximate surface area is 168 Å². The van der Waals surface area contributed by atoms with Crippen LogP contribution in [0.4, 0.5) is 10.5 Å². The maximum atomic E-state index is 12.8. The first-order chi connectivity index (χ1) is 13.0. The number of hydrogen-bond acceptors (Lipinski definition) is 3. The van der Waals surface area contributed by atoms with E-state index in [1.165, 1.54) is 7.11 Å². The Morgan fingerprint density at radius 1 is 1.15 bits per heavy atom.